The number of ketones is 1. The van der Waals surface area contributed by atoms with Crippen molar-refractivity contribution in [2.24, 2.45) is 58.2 Å². The van der Waals surface area contributed by atoms with E-state index in [9.17, 15) is 4.79 Å². The number of carbonyl (C=O) groups excluding carboxylic acids is 1. The molecule has 13 rings (SSSR count). The second kappa shape index (κ2) is 5.39. The molecule has 32 heavy (non-hydrogen) atoms. The molecule has 12 bridgehead atoms. The Morgan fingerprint density at radius 1 is 0.750 bits per heavy atom. The van der Waals surface area contributed by atoms with Crippen LogP contribution in [-0.4, -0.2) is 27.3 Å². The van der Waals surface area contributed by atoms with Crippen molar-refractivity contribution in [2.75, 3.05) is 0 Å². The molecule has 10 fully saturated rings. The summed E-state index contributed by atoms with van der Waals surface area (Å²) < 4.78 is 0. The highest BCUT2D eigenvalue weighted by Crippen LogP contribution is 2.93. The van der Waals surface area contributed by atoms with Crippen LogP contribution in [0.4, 0.5) is 0 Å². The maximum Gasteiger partial charge on any atom is 0.155 e. The van der Waals surface area contributed by atoms with Gasteiger partial charge in [0.2, 0.25) is 0 Å². The Morgan fingerprint density at radius 3 is 1.84 bits per heavy atom. The summed E-state index contributed by atoms with van der Waals surface area (Å²) in [6.45, 7) is 0. The summed E-state index contributed by atoms with van der Waals surface area (Å²) in [5.74, 6) is 8.54. The molecular weight excluding hydrogens is 426 g/mol. The van der Waals surface area contributed by atoms with Crippen LogP contribution in [-0.2, 0) is 4.79 Å². The molecule has 9 aliphatic carbocycles. The fraction of sp³-hybridized carbons (Fsp3) is 0.862. The molecule has 0 aromatic carbocycles. The van der Waals surface area contributed by atoms with Gasteiger partial charge in [-0.15, -0.1) is 0 Å². The molecule has 0 aromatic heterocycles. The highest BCUT2D eigenvalue weighted by molar-refractivity contribution is 7.89. The van der Waals surface area contributed by atoms with Crippen LogP contribution in [0.25, 0.3) is 0 Å². The average Bonchev–Trinajstić information content (AvgIpc) is 3.47. The van der Waals surface area contributed by atoms with E-state index in [1.54, 1.807) is 66.0 Å². The van der Waals surface area contributed by atoms with Crippen LogP contribution >= 0.6 is 16.1 Å². The highest BCUT2D eigenvalue weighted by atomic mass is 31.1. The number of Topliss-reactive ketones (excluding diaryl/α,β-unsaturated/α-hetero) is 1. The topological polar surface area (TPSA) is 17.1 Å². The monoisotopic (exact) mass is 462 g/mol. The van der Waals surface area contributed by atoms with Gasteiger partial charge in [-0.25, -0.2) is 0 Å². The lowest BCUT2D eigenvalue weighted by Crippen LogP contribution is -2.60. The zero-order valence-electron chi connectivity index (χ0n) is 19.2. The van der Waals surface area contributed by atoms with Crippen LogP contribution in [0.3, 0.4) is 0 Å². The van der Waals surface area contributed by atoms with Crippen molar-refractivity contribution in [2.45, 2.75) is 93.5 Å². The highest BCUT2D eigenvalue weighted by Gasteiger charge is 2.86. The maximum atomic E-state index is 13.8. The van der Waals surface area contributed by atoms with Gasteiger partial charge in [0.1, 0.15) is 0 Å². The molecule has 0 aromatic rings. The third-order valence-electron chi connectivity index (χ3n) is 13.3. The smallest absolute Gasteiger partial charge is 0.155 e. The summed E-state index contributed by atoms with van der Waals surface area (Å²) in [6.07, 6.45) is 23.8. The largest absolute Gasteiger partial charge is 0.298 e. The van der Waals surface area contributed by atoms with E-state index in [2.05, 4.69) is 17.2 Å². The lowest BCUT2D eigenvalue weighted by molar-refractivity contribution is -0.118. The predicted molar refractivity (Wildman–Crippen MR) is 131 cm³/mol. The molecule has 4 aliphatic heterocycles. The van der Waals surface area contributed by atoms with E-state index < -0.39 is 0 Å². The quantitative estimate of drug-likeness (QED) is 0.323. The fourth-order valence-electron chi connectivity index (χ4n) is 13.6. The number of rotatable bonds is 2. The minimum absolute atomic E-state index is 0.245. The molecule has 0 amide bonds. The first kappa shape index (κ1) is 18.3. The molecule has 4 heterocycles. The fourth-order valence-corrected chi connectivity index (χ4v) is 21.7. The van der Waals surface area contributed by atoms with Gasteiger partial charge in [0.25, 0.3) is 0 Å². The Balaban J connectivity index is 1.16. The summed E-state index contributed by atoms with van der Waals surface area (Å²) in [5, 5.41) is 2.67. The van der Waals surface area contributed by atoms with Gasteiger partial charge < -0.3 is 0 Å². The van der Waals surface area contributed by atoms with Crippen molar-refractivity contribution < 1.29 is 4.79 Å². The molecule has 0 spiro atoms. The van der Waals surface area contributed by atoms with E-state index in [4.69, 9.17) is 0 Å². The summed E-state index contributed by atoms with van der Waals surface area (Å²) in [4.78, 5) is 13.8. The molecule has 0 N–H and O–H groups in total. The molecule has 0 radical (unpaired) electrons. The zero-order chi connectivity index (χ0) is 20.6. The maximum absolute atomic E-state index is 13.8. The van der Waals surface area contributed by atoms with Crippen molar-refractivity contribution in [3.8, 4) is 0 Å². The molecule has 1 nitrogen and oxygen atoms in total. The van der Waals surface area contributed by atoms with Crippen LogP contribution in [0.1, 0.15) is 77.0 Å². The van der Waals surface area contributed by atoms with Gasteiger partial charge in [0.05, 0.1) is 11.3 Å². The molecular formula is C29H36OP2. The molecule has 1 unspecified atom stereocenters. The zero-order valence-corrected chi connectivity index (χ0v) is 21.0. The van der Waals surface area contributed by atoms with Gasteiger partial charge in [-0.2, -0.15) is 0 Å². The third kappa shape index (κ3) is 1.81. The third-order valence-corrected chi connectivity index (χ3v) is 19.6. The van der Waals surface area contributed by atoms with Crippen molar-refractivity contribution in [3.63, 3.8) is 0 Å². The van der Waals surface area contributed by atoms with Gasteiger partial charge in [-0.05, 0) is 135 Å². The lowest BCUT2D eigenvalue weighted by Gasteiger charge is -2.67. The predicted octanol–water partition coefficient (Wildman–Crippen LogP) is 6.87. The van der Waals surface area contributed by atoms with Crippen molar-refractivity contribution >= 4 is 26.9 Å². The lowest BCUT2D eigenvalue weighted by atomic mass is 9.47. The van der Waals surface area contributed by atoms with E-state index >= 15 is 0 Å². The minimum Gasteiger partial charge on any atom is -0.298 e. The standard InChI is InChI=1S/C29H36OP2/c30-24-22-2-1-21-23-25(24)31-26(27-9-15-3-16(10-27)5-17(4-15)11-27)32(22)29(21,23)28-12-18-6-19(13-28)8-20(7-18)14-28/h1-2,15-23,25H,3-14H2/t15?,16?,17?,18?,19?,20?,21-,22+,23-,25-,27?,28?,29-,32?/m0/s1. The van der Waals surface area contributed by atoms with E-state index in [1.807, 2.05) is 0 Å². The van der Waals surface area contributed by atoms with E-state index in [1.165, 1.54) is 19.3 Å². The second-order valence-corrected chi connectivity index (χ2v) is 18.9. The molecule has 168 valence electrons. The van der Waals surface area contributed by atoms with Crippen molar-refractivity contribution in [1.29, 1.82) is 0 Å². The summed E-state index contributed by atoms with van der Waals surface area (Å²) >= 11 is 0. The number of hydrogen-bond acceptors (Lipinski definition) is 1. The van der Waals surface area contributed by atoms with Crippen LogP contribution in [0.15, 0.2) is 12.2 Å². The average molecular weight is 463 g/mol. The van der Waals surface area contributed by atoms with Crippen molar-refractivity contribution in [3.05, 3.63) is 12.2 Å². The van der Waals surface area contributed by atoms with E-state index in [0.29, 0.717) is 33.1 Å². The van der Waals surface area contributed by atoms with Gasteiger partial charge in [-0.3, -0.25) is 4.79 Å². The summed E-state index contributed by atoms with van der Waals surface area (Å²) in [5.41, 5.74) is 1.98. The Labute approximate surface area is 195 Å². The van der Waals surface area contributed by atoms with E-state index in [0.717, 1.165) is 47.3 Å². The van der Waals surface area contributed by atoms with Gasteiger partial charge in [-0.1, -0.05) is 28.3 Å². The van der Waals surface area contributed by atoms with Crippen LogP contribution in [0.2, 0.25) is 0 Å². The van der Waals surface area contributed by atoms with Gasteiger partial charge in [0.15, 0.2) is 5.78 Å². The van der Waals surface area contributed by atoms with Crippen LogP contribution in [0, 0.1) is 58.2 Å². The molecule has 1 saturated heterocycles. The van der Waals surface area contributed by atoms with Gasteiger partial charge in [0, 0.05) is 10.6 Å². The Kier molecular flexibility index (Phi) is 3.08. The Morgan fingerprint density at radius 2 is 1.28 bits per heavy atom. The molecule has 9 saturated carbocycles. The summed E-state index contributed by atoms with van der Waals surface area (Å²) in [7, 11) is 1.34. The number of hydrogen-bond donors (Lipinski definition) is 0. The minimum atomic E-state index is -0.245. The second-order valence-electron chi connectivity index (χ2n) is 14.8. The molecule has 6 atom stereocenters. The van der Waals surface area contributed by atoms with Crippen LogP contribution < -0.4 is 0 Å². The molecule has 13 aliphatic rings. The first-order valence-electron chi connectivity index (χ1n) is 14.2. The Bertz CT molecular complexity index is 967. The van der Waals surface area contributed by atoms with Gasteiger partial charge >= 0.3 is 0 Å². The number of carbonyl (C=O) groups is 1. The SMILES string of the molecule is O=C1[C@H]2P=C(C34CC5CC(CC(C5)C3)C4)P3[C@@H]1C=C[C@H]1[C@@H]2[C@]13C12CC3CC(CC(C3)C1)C2. The van der Waals surface area contributed by atoms with Crippen molar-refractivity contribution in [1.82, 2.24) is 0 Å². The Hall–Kier alpha value is 0.01000. The normalized spacial score (nSPS) is 68.4. The summed E-state index contributed by atoms with van der Waals surface area (Å²) in [6, 6.07) is 0. The van der Waals surface area contributed by atoms with E-state index in [-0.39, 0.29) is 7.92 Å². The number of allylic oxidation sites excluding steroid dienone is 2. The first-order valence-corrected chi connectivity index (χ1v) is 16.6. The van der Waals surface area contributed by atoms with Crippen LogP contribution in [0.5, 0.6) is 0 Å². The first-order chi connectivity index (χ1) is 15.6. The molecule has 3 heteroatoms.